The van der Waals surface area contributed by atoms with Crippen molar-refractivity contribution in [2.45, 2.75) is 51.7 Å². The molecule has 0 radical (unpaired) electrons. The van der Waals surface area contributed by atoms with Crippen LogP contribution in [0.4, 0.5) is 4.79 Å². The molecule has 6 heteroatoms. The summed E-state index contributed by atoms with van der Waals surface area (Å²) < 4.78 is 5.29. The molecule has 0 spiro atoms. The molecule has 21 heavy (non-hydrogen) atoms. The first kappa shape index (κ1) is 15.8. The lowest BCUT2D eigenvalue weighted by Crippen LogP contribution is -2.46. The van der Waals surface area contributed by atoms with Crippen molar-refractivity contribution >= 4 is 6.09 Å². The first-order valence-corrected chi connectivity index (χ1v) is 7.62. The van der Waals surface area contributed by atoms with Gasteiger partial charge in [0.1, 0.15) is 11.4 Å². The number of likely N-dealkylation sites (tertiary alicyclic amines) is 1. The zero-order valence-corrected chi connectivity index (χ0v) is 13.2. The van der Waals surface area contributed by atoms with Crippen LogP contribution in [0.1, 0.15) is 39.4 Å². The van der Waals surface area contributed by atoms with Crippen molar-refractivity contribution in [3.8, 4) is 0 Å². The number of carbonyl (C=O) groups is 1. The molecule has 1 aliphatic rings. The van der Waals surface area contributed by atoms with Crippen LogP contribution in [0.25, 0.3) is 0 Å². The van der Waals surface area contributed by atoms with Crippen LogP contribution in [0, 0.1) is 0 Å². The summed E-state index contributed by atoms with van der Waals surface area (Å²) in [5.41, 5.74) is -0.437. The fourth-order valence-corrected chi connectivity index (χ4v) is 2.47. The van der Waals surface area contributed by atoms with Crippen LogP contribution in [-0.2, 0) is 11.2 Å². The van der Waals surface area contributed by atoms with E-state index in [4.69, 9.17) is 4.74 Å². The highest BCUT2D eigenvalue weighted by molar-refractivity contribution is 5.68. The predicted octanol–water partition coefficient (Wildman–Crippen LogP) is 1.94. The summed E-state index contributed by atoms with van der Waals surface area (Å²) in [6.07, 6.45) is 6.21. The molecule has 2 heterocycles. The molecular formula is C15H26N4O2. The number of imidazole rings is 1. The first-order valence-electron chi connectivity index (χ1n) is 7.62. The molecule has 0 saturated carbocycles. The van der Waals surface area contributed by atoms with E-state index in [0.29, 0.717) is 0 Å². The Bertz CT molecular complexity index is 431. The van der Waals surface area contributed by atoms with Gasteiger partial charge in [0, 0.05) is 44.5 Å². The van der Waals surface area contributed by atoms with E-state index in [1.54, 1.807) is 6.20 Å². The number of hydrogen-bond donors (Lipinski definition) is 2. The highest BCUT2D eigenvalue weighted by atomic mass is 16.6. The Morgan fingerprint density at radius 1 is 1.48 bits per heavy atom. The second kappa shape index (κ2) is 6.93. The molecule has 0 aromatic carbocycles. The number of alkyl carbamates (subject to hydrolysis) is 1. The zero-order chi connectivity index (χ0) is 15.3. The fraction of sp³-hybridized carbons (Fsp3) is 0.733. The zero-order valence-electron chi connectivity index (χ0n) is 13.2. The van der Waals surface area contributed by atoms with Crippen molar-refractivity contribution in [3.05, 3.63) is 18.2 Å². The molecule has 1 amide bonds. The van der Waals surface area contributed by atoms with Crippen molar-refractivity contribution in [2.24, 2.45) is 0 Å². The molecule has 0 atom stereocenters. The number of aromatic nitrogens is 2. The van der Waals surface area contributed by atoms with Gasteiger partial charge in [-0.15, -0.1) is 0 Å². The molecule has 118 valence electrons. The minimum atomic E-state index is -0.437. The highest BCUT2D eigenvalue weighted by Gasteiger charge is 2.23. The SMILES string of the molecule is CC(C)(C)OC(=O)NC1CCN(CCc2ncc[nH]2)CC1. The summed E-state index contributed by atoms with van der Waals surface area (Å²) in [6.45, 7) is 8.65. The van der Waals surface area contributed by atoms with Crippen molar-refractivity contribution < 1.29 is 9.53 Å². The molecule has 1 saturated heterocycles. The van der Waals surface area contributed by atoms with Gasteiger partial charge >= 0.3 is 6.09 Å². The number of carbonyl (C=O) groups excluding carboxylic acids is 1. The third-order valence-electron chi connectivity index (χ3n) is 3.53. The van der Waals surface area contributed by atoms with Gasteiger partial charge in [-0.3, -0.25) is 0 Å². The first-order chi connectivity index (χ1) is 9.92. The second-order valence-corrected chi connectivity index (χ2v) is 6.55. The largest absolute Gasteiger partial charge is 0.444 e. The number of aromatic amines is 1. The Hall–Kier alpha value is -1.56. The normalized spacial score (nSPS) is 17.7. The number of hydrogen-bond acceptors (Lipinski definition) is 4. The Morgan fingerprint density at radius 2 is 2.19 bits per heavy atom. The van der Waals surface area contributed by atoms with E-state index in [0.717, 1.165) is 44.7 Å². The minimum Gasteiger partial charge on any atom is -0.444 e. The molecule has 1 aliphatic heterocycles. The van der Waals surface area contributed by atoms with Gasteiger partial charge in [-0.05, 0) is 33.6 Å². The third kappa shape index (κ3) is 5.75. The van der Waals surface area contributed by atoms with E-state index >= 15 is 0 Å². The predicted molar refractivity (Wildman–Crippen MR) is 81.1 cm³/mol. The van der Waals surface area contributed by atoms with E-state index in [2.05, 4.69) is 20.2 Å². The number of ether oxygens (including phenoxy) is 1. The van der Waals surface area contributed by atoms with Gasteiger partial charge in [-0.25, -0.2) is 9.78 Å². The fourth-order valence-electron chi connectivity index (χ4n) is 2.47. The summed E-state index contributed by atoms with van der Waals surface area (Å²) >= 11 is 0. The van der Waals surface area contributed by atoms with Crippen molar-refractivity contribution in [2.75, 3.05) is 19.6 Å². The van der Waals surface area contributed by atoms with Crippen molar-refractivity contribution in [1.29, 1.82) is 0 Å². The summed E-state index contributed by atoms with van der Waals surface area (Å²) in [7, 11) is 0. The third-order valence-corrected chi connectivity index (χ3v) is 3.53. The molecule has 1 aromatic rings. The average molecular weight is 294 g/mol. The highest BCUT2D eigenvalue weighted by Crippen LogP contribution is 2.12. The van der Waals surface area contributed by atoms with Gasteiger partial charge in [0.15, 0.2) is 0 Å². The quantitative estimate of drug-likeness (QED) is 0.890. The van der Waals surface area contributed by atoms with E-state index in [1.807, 2.05) is 27.0 Å². The number of amides is 1. The van der Waals surface area contributed by atoms with E-state index in [1.165, 1.54) is 0 Å². The Morgan fingerprint density at radius 3 is 2.76 bits per heavy atom. The summed E-state index contributed by atoms with van der Waals surface area (Å²) in [6, 6.07) is 0.222. The van der Waals surface area contributed by atoms with Crippen LogP contribution in [0.3, 0.4) is 0 Å². The van der Waals surface area contributed by atoms with Gasteiger partial charge < -0.3 is 19.9 Å². The molecule has 0 unspecified atom stereocenters. The maximum atomic E-state index is 11.7. The number of nitrogens with zero attached hydrogens (tertiary/aromatic N) is 2. The van der Waals surface area contributed by atoms with Gasteiger partial charge in [0.05, 0.1) is 0 Å². The molecule has 1 fully saturated rings. The van der Waals surface area contributed by atoms with Crippen LogP contribution in [-0.4, -0.2) is 52.2 Å². The van der Waals surface area contributed by atoms with Crippen molar-refractivity contribution in [1.82, 2.24) is 20.2 Å². The van der Waals surface area contributed by atoms with Crippen LogP contribution < -0.4 is 5.32 Å². The van der Waals surface area contributed by atoms with E-state index < -0.39 is 5.60 Å². The summed E-state index contributed by atoms with van der Waals surface area (Å²) in [5, 5.41) is 2.96. The van der Waals surface area contributed by atoms with Crippen LogP contribution >= 0.6 is 0 Å². The van der Waals surface area contributed by atoms with Gasteiger partial charge in [0.2, 0.25) is 0 Å². The number of rotatable bonds is 4. The van der Waals surface area contributed by atoms with E-state index in [-0.39, 0.29) is 12.1 Å². The Labute approximate surface area is 126 Å². The lowest BCUT2D eigenvalue weighted by atomic mass is 10.1. The molecule has 6 nitrogen and oxygen atoms in total. The maximum absolute atomic E-state index is 11.7. The van der Waals surface area contributed by atoms with Crippen LogP contribution in [0.15, 0.2) is 12.4 Å². The van der Waals surface area contributed by atoms with Gasteiger partial charge in [-0.1, -0.05) is 0 Å². The maximum Gasteiger partial charge on any atom is 0.407 e. The van der Waals surface area contributed by atoms with Crippen LogP contribution in [0.5, 0.6) is 0 Å². The average Bonchev–Trinajstić information content (AvgIpc) is 2.89. The molecular weight excluding hydrogens is 268 g/mol. The number of H-pyrrole nitrogens is 1. The molecule has 0 bridgehead atoms. The minimum absolute atomic E-state index is 0.222. The lowest BCUT2D eigenvalue weighted by Gasteiger charge is -2.32. The number of piperidine rings is 1. The van der Waals surface area contributed by atoms with Gasteiger partial charge in [0.25, 0.3) is 0 Å². The molecule has 2 N–H and O–H groups in total. The smallest absolute Gasteiger partial charge is 0.407 e. The molecule has 1 aromatic heterocycles. The lowest BCUT2D eigenvalue weighted by molar-refractivity contribution is 0.0479. The Balaban J connectivity index is 1.65. The number of nitrogens with one attached hydrogen (secondary N) is 2. The monoisotopic (exact) mass is 294 g/mol. The van der Waals surface area contributed by atoms with Gasteiger partial charge in [-0.2, -0.15) is 0 Å². The van der Waals surface area contributed by atoms with E-state index in [9.17, 15) is 4.79 Å². The van der Waals surface area contributed by atoms with Crippen LogP contribution in [0.2, 0.25) is 0 Å². The molecule has 0 aliphatic carbocycles. The molecule has 2 rings (SSSR count). The second-order valence-electron chi connectivity index (χ2n) is 6.55. The summed E-state index contributed by atoms with van der Waals surface area (Å²) in [5.74, 6) is 1.03. The van der Waals surface area contributed by atoms with Crippen molar-refractivity contribution in [3.63, 3.8) is 0 Å². The topological polar surface area (TPSA) is 70.2 Å². The standard InChI is InChI=1S/C15H26N4O2/c1-15(2,3)21-14(20)18-12-4-9-19(10-5-12)11-6-13-16-7-8-17-13/h7-8,12H,4-6,9-11H2,1-3H3,(H,16,17)(H,18,20). The summed E-state index contributed by atoms with van der Waals surface area (Å²) in [4.78, 5) is 21.5. The Kier molecular flexibility index (Phi) is 5.22.